The summed E-state index contributed by atoms with van der Waals surface area (Å²) in [5.41, 5.74) is 5.44. The average molecular weight is 481 g/mol. The molecule has 0 unspecified atom stereocenters. The molecule has 162 valence electrons. The minimum atomic E-state index is -0.261. The maximum atomic E-state index is 12.2. The molecule has 0 fully saturated rings. The van der Waals surface area contributed by atoms with Crippen LogP contribution < -0.4 is 15.6 Å². The van der Waals surface area contributed by atoms with E-state index in [0.717, 1.165) is 25.2 Å². The Morgan fingerprint density at radius 3 is 2.81 bits per heavy atom. The van der Waals surface area contributed by atoms with E-state index in [1.54, 1.807) is 17.8 Å². The number of hydrazone groups is 1. The topological polar surface area (TPSA) is 91.6 Å². The molecular formula is C23H20N4O2S3. The van der Waals surface area contributed by atoms with Crippen LogP contribution in [-0.2, 0) is 10.5 Å². The Hall–Kier alpha value is -2.88. The van der Waals surface area contributed by atoms with Gasteiger partial charge in [0, 0.05) is 10.9 Å². The molecule has 0 radical (unpaired) electrons. The van der Waals surface area contributed by atoms with Gasteiger partial charge in [0.25, 0.3) is 5.91 Å². The number of rotatable bonds is 8. The molecule has 4 aromatic rings. The lowest BCUT2D eigenvalue weighted by molar-refractivity contribution is -0.492. The second-order valence-electron chi connectivity index (χ2n) is 6.93. The fourth-order valence-electron chi connectivity index (χ4n) is 2.91. The summed E-state index contributed by atoms with van der Waals surface area (Å²) in [4.78, 5) is 12.1. The lowest BCUT2D eigenvalue weighted by atomic mass is 10.0. The van der Waals surface area contributed by atoms with E-state index in [4.69, 9.17) is 0 Å². The Labute approximate surface area is 198 Å². The summed E-state index contributed by atoms with van der Waals surface area (Å²) in [6.07, 6.45) is 1.41. The maximum Gasteiger partial charge on any atom is 0.323 e. The monoisotopic (exact) mass is 480 g/mol. The number of hydrogen-bond acceptors (Lipinski definition) is 7. The summed E-state index contributed by atoms with van der Waals surface area (Å²) in [5.74, 6) is 0.641. The fraction of sp³-hybridized carbons (Fsp3) is 0.130. The van der Waals surface area contributed by atoms with Gasteiger partial charge in [0.15, 0.2) is 0 Å². The van der Waals surface area contributed by atoms with Crippen LogP contribution in [0.2, 0.25) is 0 Å². The van der Waals surface area contributed by atoms with Crippen molar-refractivity contribution in [1.82, 2.24) is 10.5 Å². The van der Waals surface area contributed by atoms with E-state index in [1.807, 2.05) is 24.3 Å². The predicted octanol–water partition coefficient (Wildman–Crippen LogP) is 4.03. The second-order valence-corrected chi connectivity index (χ2v) is 10.4. The van der Waals surface area contributed by atoms with Crippen molar-refractivity contribution in [3.05, 3.63) is 77.4 Å². The van der Waals surface area contributed by atoms with Crippen molar-refractivity contribution in [1.29, 1.82) is 0 Å². The Morgan fingerprint density at radius 2 is 1.97 bits per heavy atom. The van der Waals surface area contributed by atoms with Crippen molar-refractivity contribution < 1.29 is 15.0 Å². The van der Waals surface area contributed by atoms with Crippen molar-refractivity contribution in [3.63, 3.8) is 0 Å². The number of carbonyl (C=O) groups is 1. The van der Waals surface area contributed by atoms with Crippen LogP contribution in [0.3, 0.4) is 0 Å². The molecule has 3 aromatic carbocycles. The first kappa shape index (κ1) is 22.3. The molecule has 0 atom stereocenters. The molecule has 0 spiro atoms. The van der Waals surface area contributed by atoms with Crippen molar-refractivity contribution in [2.24, 2.45) is 5.10 Å². The van der Waals surface area contributed by atoms with Gasteiger partial charge in [-0.15, -0.1) is 0 Å². The third-order valence-electron chi connectivity index (χ3n) is 4.55. The van der Waals surface area contributed by atoms with Crippen LogP contribution >= 0.6 is 34.9 Å². The van der Waals surface area contributed by atoms with Crippen molar-refractivity contribution in [2.45, 2.75) is 21.4 Å². The number of nitrogens with zero attached hydrogens (tertiary/aromatic N) is 2. The van der Waals surface area contributed by atoms with Crippen molar-refractivity contribution in [2.75, 3.05) is 5.75 Å². The molecule has 0 aliphatic carbocycles. The van der Waals surface area contributed by atoms with Crippen molar-refractivity contribution >= 4 is 57.8 Å². The zero-order chi connectivity index (χ0) is 22.3. The molecule has 0 aliphatic heterocycles. The third kappa shape index (κ3) is 5.87. The number of thioether (sulfide) groups is 2. The molecule has 1 aromatic heterocycles. The van der Waals surface area contributed by atoms with Gasteiger partial charge in [-0.2, -0.15) is 5.10 Å². The summed E-state index contributed by atoms with van der Waals surface area (Å²) in [7, 11) is 0. The van der Waals surface area contributed by atoms with Crippen molar-refractivity contribution in [3.8, 4) is 5.75 Å². The number of H-pyrrole nitrogens is 1. The number of hydrogen-bond donors (Lipinski definition) is 1. The highest BCUT2D eigenvalue weighted by molar-refractivity contribution is 8.03. The number of aryl methyl sites for hydroxylation is 1. The number of aromatic nitrogens is 2. The van der Waals surface area contributed by atoms with E-state index in [1.165, 1.54) is 46.5 Å². The zero-order valence-corrected chi connectivity index (χ0v) is 19.7. The lowest BCUT2D eigenvalue weighted by Crippen LogP contribution is -2.19. The molecule has 0 bridgehead atoms. The summed E-state index contributed by atoms with van der Waals surface area (Å²) in [6.45, 7) is 2.07. The summed E-state index contributed by atoms with van der Waals surface area (Å²) in [6, 6.07) is 19.3. The minimum absolute atomic E-state index is 0.134. The first-order valence-corrected chi connectivity index (χ1v) is 12.6. The summed E-state index contributed by atoms with van der Waals surface area (Å²) in [5, 5.41) is 25.2. The standard InChI is InChI=1S/C23H20N4O2S3/c1-15-6-8-16(9-7-15)13-30-22-26-27-23(32-22)31-14-21(29)25-24-12-19-18-5-3-2-4-17(18)10-11-20(19)28/h2-12,28H,13-14H2,1H3,(H,25,29)/b24-12+. The Kier molecular flexibility index (Phi) is 7.41. The molecule has 1 heterocycles. The molecule has 2 N–H and O–H groups in total. The first-order chi connectivity index (χ1) is 15.6. The zero-order valence-electron chi connectivity index (χ0n) is 17.2. The largest absolute Gasteiger partial charge is 0.872 e. The van der Waals surface area contributed by atoms with Crippen LogP contribution in [0.1, 0.15) is 16.7 Å². The Bertz CT molecular complexity index is 1260. The van der Waals surface area contributed by atoms with Gasteiger partial charge in [-0.1, -0.05) is 88.8 Å². The van der Waals surface area contributed by atoms with E-state index in [2.05, 4.69) is 51.9 Å². The Morgan fingerprint density at radius 1 is 1.16 bits per heavy atom. The molecule has 0 saturated heterocycles. The van der Waals surface area contributed by atoms with Gasteiger partial charge in [-0.3, -0.25) is 4.79 Å². The van der Waals surface area contributed by atoms with E-state index in [-0.39, 0.29) is 17.4 Å². The second kappa shape index (κ2) is 10.6. The van der Waals surface area contributed by atoms with Gasteiger partial charge in [0.2, 0.25) is 4.34 Å². The third-order valence-corrected chi connectivity index (χ3v) is 7.87. The molecular weight excluding hydrogens is 460 g/mol. The molecule has 1 amide bonds. The number of nitrogens with one attached hydrogen (secondary N) is 2. The number of benzene rings is 3. The normalized spacial score (nSPS) is 11.3. The van der Waals surface area contributed by atoms with Gasteiger partial charge >= 0.3 is 4.34 Å². The van der Waals surface area contributed by atoms with E-state index in [9.17, 15) is 9.90 Å². The molecule has 4 rings (SSSR count). The lowest BCUT2D eigenvalue weighted by Gasteiger charge is -2.12. The molecule has 9 heteroatoms. The van der Waals surface area contributed by atoms with Gasteiger partial charge < -0.3 is 5.11 Å². The summed E-state index contributed by atoms with van der Waals surface area (Å²) >= 11 is 4.54. The number of aromatic amines is 1. The Balaban J connectivity index is 1.27. The predicted molar refractivity (Wildman–Crippen MR) is 129 cm³/mol. The van der Waals surface area contributed by atoms with Crippen LogP contribution in [0, 0.1) is 6.92 Å². The fourth-order valence-corrected chi connectivity index (χ4v) is 5.75. The van der Waals surface area contributed by atoms with Crippen LogP contribution in [0.4, 0.5) is 0 Å². The van der Waals surface area contributed by atoms with Crippen LogP contribution in [-0.4, -0.2) is 23.0 Å². The highest BCUT2D eigenvalue weighted by Crippen LogP contribution is 2.28. The quantitative estimate of drug-likeness (QED) is 0.234. The van der Waals surface area contributed by atoms with E-state index < -0.39 is 0 Å². The van der Waals surface area contributed by atoms with Gasteiger partial charge in [-0.05, 0) is 51.9 Å². The highest BCUT2D eigenvalue weighted by atomic mass is 32.2. The summed E-state index contributed by atoms with van der Waals surface area (Å²) < 4.78 is 1.77. The van der Waals surface area contributed by atoms with Gasteiger partial charge in [0.05, 0.1) is 12.0 Å². The minimum Gasteiger partial charge on any atom is -0.872 e. The molecule has 0 saturated carbocycles. The number of fused-ring (bicyclic) bond motifs is 1. The van der Waals surface area contributed by atoms with Crippen LogP contribution in [0.5, 0.6) is 5.75 Å². The van der Waals surface area contributed by atoms with Crippen LogP contribution in [0.15, 0.2) is 74.4 Å². The maximum absolute atomic E-state index is 12.2. The van der Waals surface area contributed by atoms with Gasteiger partial charge in [0.1, 0.15) is 0 Å². The molecule has 32 heavy (non-hydrogen) atoms. The molecule has 6 nitrogen and oxygen atoms in total. The number of carbonyl (C=O) groups excluding carboxylic acids is 1. The first-order valence-electron chi connectivity index (χ1n) is 9.79. The smallest absolute Gasteiger partial charge is 0.323 e. The van der Waals surface area contributed by atoms with Gasteiger partial charge in [-0.25, -0.2) is 5.43 Å². The average Bonchev–Trinajstić information content (AvgIpc) is 3.27. The van der Waals surface area contributed by atoms with Crippen LogP contribution in [0.25, 0.3) is 10.8 Å². The van der Waals surface area contributed by atoms with E-state index >= 15 is 0 Å². The molecule has 0 aliphatic rings. The van der Waals surface area contributed by atoms with E-state index in [0.29, 0.717) is 5.56 Å². The SMILES string of the molecule is Cc1ccc(CSc2[nH+]nc(SCC(=O)N/N=C/c3c([O-])ccc4ccccc34)s2)cc1. The number of amides is 1. The highest BCUT2D eigenvalue weighted by Gasteiger charge is 2.13.